The van der Waals surface area contributed by atoms with E-state index in [1.54, 1.807) is 11.8 Å². The molecule has 4 nitrogen and oxygen atoms in total. The van der Waals surface area contributed by atoms with Crippen molar-refractivity contribution in [3.8, 4) is 0 Å². The molecule has 2 aliphatic rings. The number of hydrogen-bond acceptors (Lipinski definition) is 4. The average molecular weight is 451 g/mol. The van der Waals surface area contributed by atoms with Gasteiger partial charge in [-0.3, -0.25) is 9.59 Å². The minimum atomic E-state index is -0.453. The predicted molar refractivity (Wildman–Crippen MR) is 127 cm³/mol. The van der Waals surface area contributed by atoms with Crippen LogP contribution in [0, 0.1) is 11.2 Å². The lowest BCUT2D eigenvalue weighted by Gasteiger charge is -2.39. The molecule has 0 saturated heterocycles. The first kappa shape index (κ1) is 22.3. The number of hydrogen-bond donors (Lipinski definition) is 2. The molecule has 0 radical (unpaired) electrons. The summed E-state index contributed by atoms with van der Waals surface area (Å²) in [6.07, 6.45) is 3.20. The highest BCUT2D eigenvalue weighted by atomic mass is 32.2. The van der Waals surface area contributed by atoms with Crippen molar-refractivity contribution < 1.29 is 14.0 Å². The van der Waals surface area contributed by atoms with Crippen molar-refractivity contribution in [2.45, 2.75) is 44.4 Å². The Balaban J connectivity index is 1.79. The van der Waals surface area contributed by atoms with Gasteiger partial charge in [-0.2, -0.15) is 0 Å². The van der Waals surface area contributed by atoms with Gasteiger partial charge in [-0.1, -0.05) is 26.0 Å². The number of halogens is 1. The molecule has 1 aliphatic carbocycles. The maximum absolute atomic E-state index is 13.4. The standard InChI is InChI=1S/C26H27FN2O2S/c1-15-22(25(31)29-18-9-7-17(27)8-10-18)23(16-5-11-19(32-4)12-6-16)24-20(28-15)13-26(2,3)14-21(24)30/h5-12,23,28H,13-14H2,1-4H3,(H,29,31)/t23-/m0/s1. The zero-order valence-corrected chi connectivity index (χ0v) is 19.5. The third kappa shape index (κ3) is 4.37. The Hall–Kier alpha value is -2.86. The number of rotatable bonds is 4. The van der Waals surface area contributed by atoms with E-state index in [-0.39, 0.29) is 22.9 Å². The first-order valence-electron chi connectivity index (χ1n) is 10.6. The summed E-state index contributed by atoms with van der Waals surface area (Å²) >= 11 is 1.64. The summed E-state index contributed by atoms with van der Waals surface area (Å²) in [5, 5.41) is 6.24. The van der Waals surface area contributed by atoms with Crippen molar-refractivity contribution in [3.05, 3.63) is 82.5 Å². The molecule has 2 N–H and O–H groups in total. The number of allylic oxidation sites excluding steroid dienone is 3. The fourth-order valence-corrected chi connectivity index (χ4v) is 5.01. The molecule has 0 spiro atoms. The van der Waals surface area contributed by atoms with Crippen LogP contribution in [0.3, 0.4) is 0 Å². The van der Waals surface area contributed by atoms with Gasteiger partial charge in [0.25, 0.3) is 5.91 Å². The first-order valence-corrected chi connectivity index (χ1v) is 11.9. The molecule has 1 heterocycles. The maximum atomic E-state index is 13.4. The molecular formula is C26H27FN2O2S. The van der Waals surface area contributed by atoms with Crippen molar-refractivity contribution in [2.75, 3.05) is 11.6 Å². The Morgan fingerprint density at radius 3 is 2.38 bits per heavy atom. The van der Waals surface area contributed by atoms with Crippen LogP contribution in [-0.2, 0) is 9.59 Å². The van der Waals surface area contributed by atoms with Crippen LogP contribution in [0.5, 0.6) is 0 Å². The number of carbonyl (C=O) groups is 2. The summed E-state index contributed by atoms with van der Waals surface area (Å²) in [4.78, 5) is 27.9. The maximum Gasteiger partial charge on any atom is 0.254 e. The molecule has 0 saturated carbocycles. The van der Waals surface area contributed by atoms with E-state index in [4.69, 9.17) is 0 Å². The number of nitrogens with one attached hydrogen (secondary N) is 2. The number of thioether (sulfide) groups is 1. The molecule has 1 aliphatic heterocycles. The summed E-state index contributed by atoms with van der Waals surface area (Å²) in [7, 11) is 0. The largest absolute Gasteiger partial charge is 0.362 e. The minimum absolute atomic E-state index is 0.0716. The lowest BCUT2D eigenvalue weighted by Crippen LogP contribution is -2.39. The SMILES string of the molecule is CSc1ccc([C@H]2C(C(=O)Nc3ccc(F)cc3)=C(C)NC3=C2C(=O)CC(C)(C)C3)cc1. The van der Waals surface area contributed by atoms with E-state index in [1.807, 2.05) is 37.4 Å². The highest BCUT2D eigenvalue weighted by molar-refractivity contribution is 7.98. The van der Waals surface area contributed by atoms with Gasteiger partial charge in [-0.05, 0) is 67.0 Å². The third-order valence-corrected chi connectivity index (χ3v) is 6.78. The van der Waals surface area contributed by atoms with Gasteiger partial charge in [0.2, 0.25) is 0 Å². The summed E-state index contributed by atoms with van der Waals surface area (Å²) in [6.45, 7) is 6.06. The summed E-state index contributed by atoms with van der Waals surface area (Å²) < 4.78 is 13.3. The fourth-order valence-electron chi connectivity index (χ4n) is 4.60. The van der Waals surface area contributed by atoms with Gasteiger partial charge >= 0.3 is 0 Å². The van der Waals surface area contributed by atoms with Gasteiger partial charge in [0.1, 0.15) is 5.82 Å². The second kappa shape index (κ2) is 8.58. The number of ketones is 1. The normalized spacial score (nSPS) is 20.0. The van der Waals surface area contributed by atoms with Crippen LogP contribution in [-0.4, -0.2) is 17.9 Å². The van der Waals surface area contributed by atoms with Gasteiger partial charge in [0.15, 0.2) is 5.78 Å². The van der Waals surface area contributed by atoms with Crippen LogP contribution in [0.25, 0.3) is 0 Å². The van der Waals surface area contributed by atoms with Crippen molar-refractivity contribution in [3.63, 3.8) is 0 Å². The van der Waals surface area contributed by atoms with Gasteiger partial charge < -0.3 is 10.6 Å². The average Bonchev–Trinajstić information content (AvgIpc) is 2.73. The smallest absolute Gasteiger partial charge is 0.254 e. The van der Waals surface area contributed by atoms with Crippen molar-refractivity contribution in [2.24, 2.45) is 5.41 Å². The van der Waals surface area contributed by atoms with E-state index in [0.717, 1.165) is 28.3 Å². The van der Waals surface area contributed by atoms with E-state index in [9.17, 15) is 14.0 Å². The Bertz CT molecular complexity index is 1130. The Labute approximate surface area is 192 Å². The molecule has 2 aromatic carbocycles. The van der Waals surface area contributed by atoms with Gasteiger partial charge in [0.05, 0.1) is 0 Å². The number of carbonyl (C=O) groups excluding carboxylic acids is 2. The molecule has 0 fully saturated rings. The zero-order chi connectivity index (χ0) is 23.0. The van der Waals surface area contributed by atoms with Crippen LogP contribution in [0.1, 0.15) is 45.1 Å². The number of anilines is 1. The van der Waals surface area contributed by atoms with Crippen molar-refractivity contribution in [1.82, 2.24) is 5.32 Å². The molecule has 0 bridgehead atoms. The quantitative estimate of drug-likeness (QED) is 0.579. The van der Waals surface area contributed by atoms with E-state index < -0.39 is 5.92 Å². The summed E-state index contributed by atoms with van der Waals surface area (Å²) in [6, 6.07) is 13.7. The monoisotopic (exact) mass is 450 g/mol. The molecule has 166 valence electrons. The molecule has 2 aromatic rings. The number of amides is 1. The highest BCUT2D eigenvalue weighted by Gasteiger charge is 2.42. The molecule has 0 unspecified atom stereocenters. The topological polar surface area (TPSA) is 58.2 Å². The first-order chi connectivity index (χ1) is 15.2. The molecule has 32 heavy (non-hydrogen) atoms. The third-order valence-electron chi connectivity index (χ3n) is 6.04. The van der Waals surface area contributed by atoms with Crippen molar-refractivity contribution >= 4 is 29.1 Å². The van der Waals surface area contributed by atoms with E-state index >= 15 is 0 Å². The lowest BCUT2D eigenvalue weighted by molar-refractivity contribution is -0.118. The Morgan fingerprint density at radius 2 is 1.75 bits per heavy atom. The van der Waals surface area contributed by atoms with Gasteiger partial charge in [-0.25, -0.2) is 4.39 Å². The minimum Gasteiger partial charge on any atom is -0.362 e. The number of dihydropyridines is 1. The van der Waals surface area contributed by atoms with Crippen LogP contribution in [0.2, 0.25) is 0 Å². The molecule has 1 atom stereocenters. The van der Waals surface area contributed by atoms with Gasteiger partial charge in [0, 0.05) is 45.5 Å². The van der Waals surface area contributed by atoms with Crippen LogP contribution < -0.4 is 10.6 Å². The zero-order valence-electron chi connectivity index (χ0n) is 18.7. The molecule has 4 rings (SSSR count). The highest BCUT2D eigenvalue weighted by Crippen LogP contribution is 2.46. The Kier molecular flexibility index (Phi) is 5.99. The van der Waals surface area contributed by atoms with E-state index in [0.29, 0.717) is 23.3 Å². The van der Waals surface area contributed by atoms with E-state index in [1.165, 1.54) is 24.3 Å². The molecule has 1 amide bonds. The second-order valence-electron chi connectivity index (χ2n) is 9.16. The second-order valence-corrected chi connectivity index (χ2v) is 10.0. The fraction of sp³-hybridized carbons (Fsp3) is 0.308. The van der Waals surface area contributed by atoms with Gasteiger partial charge in [-0.15, -0.1) is 11.8 Å². The molecular weight excluding hydrogens is 423 g/mol. The van der Waals surface area contributed by atoms with Crippen LogP contribution in [0.15, 0.2) is 76.0 Å². The number of Topliss-reactive ketones (excluding diaryl/α,β-unsaturated/α-hetero) is 1. The van der Waals surface area contributed by atoms with Crippen LogP contribution in [0.4, 0.5) is 10.1 Å². The molecule has 6 heteroatoms. The summed E-state index contributed by atoms with van der Waals surface area (Å²) in [5.41, 5.74) is 4.10. The van der Waals surface area contributed by atoms with E-state index in [2.05, 4.69) is 24.5 Å². The Morgan fingerprint density at radius 1 is 1.09 bits per heavy atom. The predicted octanol–water partition coefficient (Wildman–Crippen LogP) is 5.79. The number of benzene rings is 2. The van der Waals surface area contributed by atoms with Crippen molar-refractivity contribution in [1.29, 1.82) is 0 Å². The lowest BCUT2D eigenvalue weighted by atomic mass is 9.68. The van der Waals surface area contributed by atoms with Crippen LogP contribution >= 0.6 is 11.8 Å². The molecule has 0 aromatic heterocycles. The summed E-state index contributed by atoms with van der Waals surface area (Å²) in [5.74, 6) is -1.05.